The molecule has 2 aromatic rings. The van der Waals surface area contributed by atoms with Crippen LogP contribution in [0.4, 0.5) is 0 Å². The van der Waals surface area contributed by atoms with Crippen LogP contribution >= 0.6 is 38.5 Å². The van der Waals surface area contributed by atoms with Crippen molar-refractivity contribution in [3.8, 4) is 0 Å². The molecule has 1 saturated carbocycles. The standard InChI is InChI=1S/C14H11BrINO4S/c1-22(19,20)14-8(4-5-10(16)11(14)15)13(18)9-6-21-17-12(9)7-2-3-7/h4-7H,2-3H2,1H3. The van der Waals surface area contributed by atoms with Crippen molar-refractivity contribution >= 4 is 54.1 Å². The number of carbonyl (C=O) groups excluding carboxylic acids is 1. The Morgan fingerprint density at radius 3 is 2.64 bits per heavy atom. The molecule has 1 aliphatic carbocycles. The summed E-state index contributed by atoms with van der Waals surface area (Å²) in [5.41, 5.74) is 1.11. The van der Waals surface area contributed by atoms with Gasteiger partial charge in [0.05, 0.1) is 20.6 Å². The number of aromatic nitrogens is 1. The van der Waals surface area contributed by atoms with E-state index in [2.05, 4.69) is 21.1 Å². The highest BCUT2D eigenvalue weighted by Gasteiger charge is 2.33. The van der Waals surface area contributed by atoms with Gasteiger partial charge in [-0.2, -0.15) is 0 Å². The average Bonchev–Trinajstić information content (AvgIpc) is 3.17. The number of nitrogens with zero attached hydrogens (tertiary/aromatic N) is 1. The fourth-order valence-corrected chi connectivity index (χ4v) is 5.14. The van der Waals surface area contributed by atoms with Crippen LogP contribution in [0.25, 0.3) is 0 Å². The molecule has 0 atom stereocenters. The minimum Gasteiger partial charge on any atom is -0.364 e. The number of ketones is 1. The Bertz CT molecular complexity index is 871. The predicted octanol–water partition coefficient (Wildman–Crippen LogP) is 3.55. The quantitative estimate of drug-likeness (QED) is 0.478. The summed E-state index contributed by atoms with van der Waals surface area (Å²) in [5.74, 6) is -0.132. The highest BCUT2D eigenvalue weighted by atomic mass is 127. The molecule has 0 N–H and O–H groups in total. The van der Waals surface area contributed by atoms with Crippen LogP contribution in [0.15, 0.2) is 32.3 Å². The molecular weight excluding hydrogens is 485 g/mol. The molecule has 1 aromatic heterocycles. The molecule has 0 aliphatic heterocycles. The van der Waals surface area contributed by atoms with E-state index in [1.165, 1.54) is 12.3 Å². The molecule has 0 bridgehead atoms. The summed E-state index contributed by atoms with van der Waals surface area (Å²) < 4.78 is 30.3. The molecule has 116 valence electrons. The fraction of sp³-hybridized carbons (Fsp3) is 0.286. The van der Waals surface area contributed by atoms with Gasteiger partial charge in [-0.1, -0.05) is 5.16 Å². The van der Waals surface area contributed by atoms with Gasteiger partial charge in [0, 0.05) is 21.3 Å². The van der Waals surface area contributed by atoms with Gasteiger partial charge in [0.1, 0.15) is 6.26 Å². The molecule has 1 fully saturated rings. The van der Waals surface area contributed by atoms with E-state index >= 15 is 0 Å². The molecule has 0 spiro atoms. The Balaban J connectivity index is 2.18. The van der Waals surface area contributed by atoms with Gasteiger partial charge in [0.2, 0.25) is 0 Å². The third kappa shape index (κ3) is 2.88. The van der Waals surface area contributed by atoms with Gasteiger partial charge in [-0.15, -0.1) is 0 Å². The minimum atomic E-state index is -3.56. The SMILES string of the molecule is CS(=O)(=O)c1c(C(=O)c2conc2C2CC2)ccc(I)c1Br. The van der Waals surface area contributed by atoms with Crippen molar-refractivity contribution in [1.82, 2.24) is 5.16 Å². The maximum atomic E-state index is 12.8. The Hall–Kier alpha value is -0.740. The van der Waals surface area contributed by atoms with Crippen molar-refractivity contribution in [2.75, 3.05) is 6.26 Å². The zero-order valence-electron chi connectivity index (χ0n) is 11.5. The lowest BCUT2D eigenvalue weighted by atomic mass is 10.0. The zero-order valence-corrected chi connectivity index (χ0v) is 16.0. The summed E-state index contributed by atoms with van der Waals surface area (Å²) in [6.45, 7) is 0. The number of benzene rings is 1. The topological polar surface area (TPSA) is 77.2 Å². The van der Waals surface area contributed by atoms with Crippen LogP contribution < -0.4 is 0 Å². The first-order valence-electron chi connectivity index (χ1n) is 6.47. The first-order chi connectivity index (χ1) is 10.3. The van der Waals surface area contributed by atoms with Crippen LogP contribution in [-0.4, -0.2) is 25.6 Å². The Morgan fingerprint density at radius 2 is 2.05 bits per heavy atom. The van der Waals surface area contributed by atoms with Crippen LogP contribution in [0.5, 0.6) is 0 Å². The van der Waals surface area contributed by atoms with Crippen molar-refractivity contribution in [2.24, 2.45) is 0 Å². The molecule has 0 amide bonds. The van der Waals surface area contributed by atoms with E-state index in [1.54, 1.807) is 6.07 Å². The second kappa shape index (κ2) is 5.72. The molecule has 1 heterocycles. The van der Waals surface area contributed by atoms with E-state index in [4.69, 9.17) is 4.52 Å². The van der Waals surface area contributed by atoms with Crippen LogP contribution in [0.1, 0.15) is 40.4 Å². The first-order valence-corrected chi connectivity index (χ1v) is 10.2. The summed E-state index contributed by atoms with van der Waals surface area (Å²) in [6.07, 6.45) is 4.34. The Morgan fingerprint density at radius 1 is 1.36 bits per heavy atom. The Kier molecular flexibility index (Phi) is 4.19. The van der Waals surface area contributed by atoms with Gasteiger partial charge in [-0.25, -0.2) is 8.42 Å². The van der Waals surface area contributed by atoms with E-state index in [1.807, 2.05) is 22.6 Å². The average molecular weight is 496 g/mol. The normalized spacial score (nSPS) is 15.0. The lowest BCUT2D eigenvalue weighted by molar-refractivity contribution is 0.103. The monoisotopic (exact) mass is 495 g/mol. The molecule has 0 saturated heterocycles. The molecule has 0 unspecified atom stereocenters. The smallest absolute Gasteiger partial charge is 0.199 e. The Labute approximate surface area is 149 Å². The van der Waals surface area contributed by atoms with Gasteiger partial charge in [-0.3, -0.25) is 4.79 Å². The predicted molar refractivity (Wildman–Crippen MR) is 91.9 cm³/mol. The van der Waals surface area contributed by atoms with E-state index in [9.17, 15) is 13.2 Å². The van der Waals surface area contributed by atoms with Gasteiger partial charge in [-0.05, 0) is 63.5 Å². The molecule has 1 aromatic carbocycles. The van der Waals surface area contributed by atoms with Gasteiger partial charge >= 0.3 is 0 Å². The molecule has 22 heavy (non-hydrogen) atoms. The molecule has 1 aliphatic rings. The zero-order chi connectivity index (χ0) is 16.1. The van der Waals surface area contributed by atoms with E-state index < -0.39 is 9.84 Å². The molecule has 8 heteroatoms. The van der Waals surface area contributed by atoms with Crippen LogP contribution in [0, 0.1) is 3.57 Å². The van der Waals surface area contributed by atoms with Crippen LogP contribution in [-0.2, 0) is 9.84 Å². The highest BCUT2D eigenvalue weighted by Crippen LogP contribution is 2.41. The summed E-state index contributed by atoms with van der Waals surface area (Å²) in [6, 6.07) is 3.24. The van der Waals surface area contributed by atoms with Crippen LogP contribution in [0.2, 0.25) is 0 Å². The number of hydrogen-bond acceptors (Lipinski definition) is 5. The minimum absolute atomic E-state index is 0.00680. The van der Waals surface area contributed by atoms with Gasteiger partial charge < -0.3 is 4.52 Å². The number of hydrogen-bond donors (Lipinski definition) is 0. The summed E-state index contributed by atoms with van der Waals surface area (Å²) in [4.78, 5) is 12.8. The number of halogens is 2. The van der Waals surface area contributed by atoms with Gasteiger partial charge in [0.15, 0.2) is 15.6 Å². The van der Waals surface area contributed by atoms with Crippen molar-refractivity contribution in [3.63, 3.8) is 0 Å². The van der Waals surface area contributed by atoms with Crippen molar-refractivity contribution in [3.05, 3.63) is 43.3 Å². The van der Waals surface area contributed by atoms with E-state index in [0.717, 1.165) is 22.7 Å². The molecule has 3 rings (SSSR count). The maximum absolute atomic E-state index is 12.8. The van der Waals surface area contributed by atoms with E-state index in [0.29, 0.717) is 15.7 Å². The first kappa shape index (κ1) is 16.1. The number of rotatable bonds is 4. The second-order valence-corrected chi connectivity index (χ2v) is 9.13. The second-order valence-electron chi connectivity index (χ2n) is 5.23. The molecular formula is C14H11BrINO4S. The van der Waals surface area contributed by atoms with Crippen molar-refractivity contribution in [1.29, 1.82) is 0 Å². The van der Waals surface area contributed by atoms with Gasteiger partial charge in [0.25, 0.3) is 0 Å². The number of sulfone groups is 1. The lowest BCUT2D eigenvalue weighted by Crippen LogP contribution is -2.12. The number of carbonyl (C=O) groups is 1. The molecule has 0 radical (unpaired) electrons. The summed E-state index contributed by atoms with van der Waals surface area (Å²) in [5, 5.41) is 3.90. The largest absolute Gasteiger partial charge is 0.364 e. The molecule has 5 nitrogen and oxygen atoms in total. The van der Waals surface area contributed by atoms with E-state index in [-0.39, 0.29) is 22.2 Å². The third-order valence-corrected chi connectivity index (χ3v) is 7.36. The lowest BCUT2D eigenvalue weighted by Gasteiger charge is -2.10. The fourth-order valence-electron chi connectivity index (χ4n) is 2.28. The maximum Gasteiger partial charge on any atom is 0.199 e. The van der Waals surface area contributed by atoms with Crippen molar-refractivity contribution < 1.29 is 17.7 Å². The third-order valence-electron chi connectivity index (χ3n) is 3.47. The van der Waals surface area contributed by atoms with Crippen LogP contribution in [0.3, 0.4) is 0 Å². The van der Waals surface area contributed by atoms with Crippen molar-refractivity contribution in [2.45, 2.75) is 23.7 Å². The summed E-state index contributed by atoms with van der Waals surface area (Å²) in [7, 11) is -3.56. The summed E-state index contributed by atoms with van der Waals surface area (Å²) >= 11 is 5.30. The highest BCUT2D eigenvalue weighted by molar-refractivity contribution is 14.1.